The van der Waals surface area contributed by atoms with E-state index >= 15 is 0 Å². The second-order valence-corrected chi connectivity index (χ2v) is 5.67. The maximum atomic E-state index is 2.34. The van der Waals surface area contributed by atoms with Crippen molar-refractivity contribution in [1.82, 2.24) is 0 Å². The molecule has 0 N–H and O–H groups in total. The summed E-state index contributed by atoms with van der Waals surface area (Å²) in [7, 11) is 0. The largest absolute Gasteiger partial charge is 1.00 e. The van der Waals surface area contributed by atoms with E-state index in [0.29, 0.717) is 5.41 Å². The number of hydrogen-bond acceptors (Lipinski definition) is 0. The first kappa shape index (κ1) is 19.7. The van der Waals surface area contributed by atoms with Crippen LogP contribution in [0.5, 0.6) is 0 Å². The molecule has 1 aliphatic rings. The van der Waals surface area contributed by atoms with Crippen molar-refractivity contribution >= 4 is 0 Å². The topological polar surface area (TPSA) is 0 Å². The van der Waals surface area contributed by atoms with Crippen LogP contribution in [0.3, 0.4) is 0 Å². The van der Waals surface area contributed by atoms with Crippen molar-refractivity contribution < 1.29 is 38.5 Å². The molecule has 0 heterocycles. The van der Waals surface area contributed by atoms with Crippen molar-refractivity contribution in [2.45, 2.75) is 34.6 Å². The molecule has 0 aromatic carbocycles. The van der Waals surface area contributed by atoms with Crippen molar-refractivity contribution in [1.29, 1.82) is 0 Å². The summed E-state index contributed by atoms with van der Waals surface area (Å²) in [5.41, 5.74) is 5.03. The monoisotopic (exact) mass is 372 g/mol. The van der Waals surface area contributed by atoms with E-state index in [-0.39, 0.29) is 14.1 Å². The average Bonchev–Trinajstić information content (AvgIpc) is 2.06. The first-order valence-electron chi connectivity index (χ1n) is 4.00. The molecule has 0 radical (unpaired) electrons. The molecule has 1 rings (SSSR count). The van der Waals surface area contributed by atoms with E-state index in [9.17, 15) is 0 Å². The van der Waals surface area contributed by atoms with Crippen molar-refractivity contribution in [2.24, 2.45) is 5.41 Å². The van der Waals surface area contributed by atoms with Gasteiger partial charge in [0.25, 0.3) is 0 Å². The van der Waals surface area contributed by atoms with Gasteiger partial charge in [-0.05, 0) is 0 Å². The molecule has 0 aromatic rings. The Kier molecular flexibility index (Phi) is 8.27. The minimum atomic E-state index is 0. The second kappa shape index (κ2) is 5.89. The van der Waals surface area contributed by atoms with Gasteiger partial charge in [-0.1, -0.05) is 0 Å². The van der Waals surface area contributed by atoms with E-state index < -0.39 is 0 Å². The van der Waals surface area contributed by atoms with Gasteiger partial charge in [0.05, 0.1) is 0 Å². The molecular weight excluding hydrogens is 356 g/mol. The second-order valence-electron chi connectivity index (χ2n) is 3.88. The van der Waals surface area contributed by atoms with Crippen molar-refractivity contribution in [3.63, 3.8) is 0 Å². The summed E-state index contributed by atoms with van der Waals surface area (Å²) in [4.78, 5) is 0. The molecule has 1 aliphatic carbocycles. The van der Waals surface area contributed by atoms with Gasteiger partial charge in [-0.3, -0.25) is 0 Å². The van der Waals surface area contributed by atoms with E-state index in [1.165, 1.54) is 29.9 Å². The fourth-order valence-corrected chi connectivity index (χ4v) is 2.94. The van der Waals surface area contributed by atoms with Gasteiger partial charge in [-0.15, -0.1) is 0 Å². The van der Waals surface area contributed by atoms with Crippen LogP contribution in [0.1, 0.15) is 34.6 Å². The van der Waals surface area contributed by atoms with Gasteiger partial charge in [0, 0.05) is 0 Å². The summed E-state index contributed by atoms with van der Waals surface area (Å²) in [6.07, 6.45) is 0. The molecular formula is C10H15F3Hf. The standard InChI is InChI=1S/C10H15.3FH.Hf/c1-7-6-10(4,5)9(3)8(7)2;;;;/h1-5H3;3*1H;/q;;;;+3/p-3. The van der Waals surface area contributed by atoms with E-state index in [1.54, 1.807) is 14.5 Å². The van der Waals surface area contributed by atoms with Gasteiger partial charge in [0.2, 0.25) is 0 Å². The van der Waals surface area contributed by atoms with E-state index in [0.717, 1.165) is 0 Å². The molecule has 0 aliphatic heterocycles. The van der Waals surface area contributed by atoms with Crippen molar-refractivity contribution in [3.05, 3.63) is 20.0 Å². The molecule has 0 nitrogen and oxygen atoms in total. The zero-order valence-corrected chi connectivity index (χ0v) is 12.7. The van der Waals surface area contributed by atoms with E-state index in [4.69, 9.17) is 0 Å². The van der Waals surface area contributed by atoms with Crippen LogP contribution in [-0.4, -0.2) is 0 Å². The Morgan fingerprint density at radius 2 is 1.21 bits per heavy atom. The fourth-order valence-electron chi connectivity index (χ4n) is 1.59. The zero-order chi connectivity index (χ0) is 8.81. The quantitative estimate of drug-likeness (QED) is 0.373. The Hall–Kier alpha value is 0.140. The first-order valence-corrected chi connectivity index (χ1v) is 5.80. The summed E-state index contributed by atoms with van der Waals surface area (Å²) in [5, 5.41) is 0. The Morgan fingerprint density at radius 1 is 0.857 bits per heavy atom. The summed E-state index contributed by atoms with van der Waals surface area (Å²) < 4.78 is 1.67. The smallest absolute Gasteiger partial charge is 1.00 e. The Balaban J connectivity index is -0.000000403. The Morgan fingerprint density at radius 3 is 1.29 bits per heavy atom. The maximum Gasteiger partial charge on any atom is -1.00 e. The number of rotatable bonds is 0. The third-order valence-electron chi connectivity index (χ3n) is 3.06. The molecule has 0 unspecified atom stereocenters. The van der Waals surface area contributed by atoms with Gasteiger partial charge < -0.3 is 14.1 Å². The number of hydrogen-bond donors (Lipinski definition) is 0. The number of allylic oxidation sites excluding steroid dienone is 4. The van der Waals surface area contributed by atoms with Crippen LogP contribution in [0.15, 0.2) is 20.0 Å². The third-order valence-corrected chi connectivity index (χ3v) is 6.66. The van der Waals surface area contributed by atoms with Gasteiger partial charge in [0.1, 0.15) is 0 Å². The van der Waals surface area contributed by atoms with Crippen LogP contribution in [0.2, 0.25) is 0 Å². The van der Waals surface area contributed by atoms with Crippen LogP contribution in [0.25, 0.3) is 0 Å². The summed E-state index contributed by atoms with van der Waals surface area (Å²) >= 11 is 1.21. The molecule has 0 atom stereocenters. The van der Waals surface area contributed by atoms with Gasteiger partial charge in [0.15, 0.2) is 0 Å². The van der Waals surface area contributed by atoms with Crippen molar-refractivity contribution in [2.75, 3.05) is 0 Å². The van der Waals surface area contributed by atoms with E-state index in [2.05, 4.69) is 34.6 Å². The van der Waals surface area contributed by atoms with Gasteiger partial charge in [-0.25, -0.2) is 0 Å². The van der Waals surface area contributed by atoms with E-state index in [1.807, 2.05) is 0 Å². The predicted molar refractivity (Wildman–Crippen MR) is 44.9 cm³/mol. The molecule has 14 heavy (non-hydrogen) atoms. The molecule has 0 aromatic heterocycles. The van der Waals surface area contributed by atoms with Crippen LogP contribution >= 0.6 is 0 Å². The number of halogens is 3. The third kappa shape index (κ3) is 2.59. The average molecular weight is 371 g/mol. The molecule has 0 amide bonds. The van der Waals surface area contributed by atoms with Crippen LogP contribution in [0, 0.1) is 5.41 Å². The maximum absolute atomic E-state index is 2.34. The first-order chi connectivity index (χ1) is 4.89. The fraction of sp³-hybridized carbons (Fsp3) is 0.600. The van der Waals surface area contributed by atoms with Gasteiger partial charge >= 0.3 is 84.5 Å². The Bertz CT molecular complexity index is 239. The van der Waals surface area contributed by atoms with Crippen molar-refractivity contribution in [3.8, 4) is 0 Å². The molecule has 0 saturated heterocycles. The normalized spacial score (nSPS) is 18.5. The SMILES string of the molecule is CC1=C(C)C(C)(C)[C]([Hf+3])=C1C.[F-].[F-].[F-]. The summed E-state index contributed by atoms with van der Waals surface area (Å²) in [6, 6.07) is 0. The van der Waals surface area contributed by atoms with Gasteiger partial charge in [-0.2, -0.15) is 0 Å². The zero-order valence-electron chi connectivity index (χ0n) is 9.13. The molecule has 80 valence electrons. The summed E-state index contributed by atoms with van der Waals surface area (Å²) in [6.45, 7) is 11.5. The minimum Gasteiger partial charge on any atom is -1.00 e. The van der Waals surface area contributed by atoms with Crippen LogP contribution < -0.4 is 14.1 Å². The molecule has 0 spiro atoms. The summed E-state index contributed by atoms with van der Waals surface area (Å²) in [5.74, 6) is 0. The predicted octanol–water partition coefficient (Wildman–Crippen LogP) is -5.80. The van der Waals surface area contributed by atoms with Crippen LogP contribution in [-0.2, 0) is 24.4 Å². The molecule has 0 bridgehead atoms. The minimum absolute atomic E-state index is 0. The molecule has 0 fully saturated rings. The molecule has 0 saturated carbocycles. The molecule has 4 heteroatoms. The van der Waals surface area contributed by atoms with Crippen LogP contribution in [0.4, 0.5) is 0 Å². The Labute approximate surface area is 98.5 Å².